The summed E-state index contributed by atoms with van der Waals surface area (Å²) in [5.74, 6) is -0.729. The second kappa shape index (κ2) is 6.63. The van der Waals surface area contributed by atoms with Gasteiger partial charge < -0.3 is 0 Å². The van der Waals surface area contributed by atoms with Gasteiger partial charge in [0.15, 0.2) is 0 Å². The van der Waals surface area contributed by atoms with Crippen molar-refractivity contribution in [3.63, 3.8) is 0 Å². The van der Waals surface area contributed by atoms with E-state index in [1.807, 2.05) is 6.08 Å². The largest absolute Gasteiger partial charge is 0.333 e. The normalized spacial score (nSPS) is 26.5. The van der Waals surface area contributed by atoms with Gasteiger partial charge in [-0.1, -0.05) is 25.8 Å². The van der Waals surface area contributed by atoms with E-state index in [9.17, 15) is 14.4 Å². The van der Waals surface area contributed by atoms with Crippen LogP contribution in [-0.4, -0.2) is 41.2 Å². The van der Waals surface area contributed by atoms with Crippen LogP contribution in [0.4, 0.5) is 4.79 Å². The van der Waals surface area contributed by atoms with Gasteiger partial charge >= 0.3 is 6.03 Å². The zero-order valence-electron chi connectivity index (χ0n) is 13.9. The summed E-state index contributed by atoms with van der Waals surface area (Å²) in [6.45, 7) is 4.16. The molecule has 1 aliphatic heterocycles. The minimum absolute atomic E-state index is 0.343. The number of nitrogens with zero attached hydrogens (tertiary/aromatic N) is 2. The van der Waals surface area contributed by atoms with Crippen LogP contribution in [0, 0.1) is 5.41 Å². The lowest BCUT2D eigenvalue weighted by Crippen LogP contribution is -2.63. The summed E-state index contributed by atoms with van der Waals surface area (Å²) in [7, 11) is 1.48. The molecule has 22 heavy (non-hydrogen) atoms. The zero-order valence-corrected chi connectivity index (χ0v) is 13.9. The average molecular weight is 306 g/mol. The monoisotopic (exact) mass is 306 g/mol. The summed E-state index contributed by atoms with van der Waals surface area (Å²) in [6, 6.07) is -0.486. The van der Waals surface area contributed by atoms with Crippen LogP contribution < -0.4 is 0 Å². The first-order valence-electron chi connectivity index (χ1n) is 8.28. The van der Waals surface area contributed by atoms with Crippen LogP contribution >= 0.6 is 0 Å². The molecular formula is C17H26N2O3. The van der Waals surface area contributed by atoms with Gasteiger partial charge in [0, 0.05) is 13.6 Å². The lowest BCUT2D eigenvalue weighted by Gasteiger charge is -2.43. The van der Waals surface area contributed by atoms with Crippen molar-refractivity contribution in [1.82, 2.24) is 9.80 Å². The van der Waals surface area contributed by atoms with E-state index in [4.69, 9.17) is 0 Å². The third-order valence-electron chi connectivity index (χ3n) is 4.84. The minimum atomic E-state index is -1.20. The Morgan fingerprint density at radius 2 is 1.86 bits per heavy atom. The molecule has 0 spiro atoms. The fraction of sp³-hybridized carbons (Fsp3) is 0.706. The number of barbiturate groups is 1. The highest BCUT2D eigenvalue weighted by Crippen LogP contribution is 2.40. The van der Waals surface area contributed by atoms with E-state index in [1.54, 1.807) is 6.92 Å². The molecule has 1 atom stereocenters. The molecule has 0 saturated carbocycles. The van der Waals surface area contributed by atoms with Crippen LogP contribution in [-0.2, 0) is 9.59 Å². The van der Waals surface area contributed by atoms with Crippen molar-refractivity contribution in [2.75, 3.05) is 13.6 Å². The molecule has 2 aliphatic rings. The first kappa shape index (κ1) is 16.7. The number of unbranched alkanes of at least 4 members (excludes halogenated alkanes) is 2. The van der Waals surface area contributed by atoms with E-state index in [2.05, 4.69) is 6.92 Å². The van der Waals surface area contributed by atoms with Gasteiger partial charge in [0.1, 0.15) is 5.41 Å². The number of amides is 4. The molecule has 0 radical (unpaired) electrons. The molecule has 0 aromatic heterocycles. The number of carbonyl (C=O) groups is 3. The molecule has 0 bridgehead atoms. The first-order valence-corrected chi connectivity index (χ1v) is 8.28. The Balaban J connectivity index is 2.31. The molecule has 0 N–H and O–H groups in total. The Morgan fingerprint density at radius 1 is 1.14 bits per heavy atom. The molecule has 5 heteroatoms. The maximum atomic E-state index is 12.9. The van der Waals surface area contributed by atoms with Crippen molar-refractivity contribution in [1.29, 1.82) is 0 Å². The molecule has 1 unspecified atom stereocenters. The van der Waals surface area contributed by atoms with E-state index < -0.39 is 11.4 Å². The molecule has 0 aromatic rings. The zero-order chi connectivity index (χ0) is 16.3. The third kappa shape index (κ3) is 2.69. The van der Waals surface area contributed by atoms with Crippen molar-refractivity contribution in [3.8, 4) is 0 Å². The van der Waals surface area contributed by atoms with Crippen molar-refractivity contribution < 1.29 is 14.4 Å². The van der Waals surface area contributed by atoms with Crippen LogP contribution in [0.15, 0.2) is 11.6 Å². The SMILES string of the molecule is CCCCCN1C(=O)N(C)C(=O)C(C)(C2=CCCCC2)C1=O. The predicted octanol–water partition coefficient (Wildman–Crippen LogP) is 3.10. The second-order valence-electron chi connectivity index (χ2n) is 6.41. The molecular weight excluding hydrogens is 280 g/mol. The Morgan fingerprint density at radius 3 is 2.45 bits per heavy atom. The molecule has 4 amide bonds. The summed E-state index contributed by atoms with van der Waals surface area (Å²) in [6.07, 6.45) is 8.55. The summed E-state index contributed by atoms with van der Waals surface area (Å²) < 4.78 is 0. The summed E-state index contributed by atoms with van der Waals surface area (Å²) in [5, 5.41) is 0. The van der Waals surface area contributed by atoms with Gasteiger partial charge in [-0.15, -0.1) is 0 Å². The van der Waals surface area contributed by atoms with Gasteiger partial charge in [-0.05, 0) is 44.6 Å². The minimum Gasteiger partial charge on any atom is -0.273 e. The number of imide groups is 2. The number of hydrogen-bond donors (Lipinski definition) is 0. The first-order chi connectivity index (χ1) is 10.4. The van der Waals surface area contributed by atoms with E-state index >= 15 is 0 Å². The molecule has 1 saturated heterocycles. The van der Waals surface area contributed by atoms with Crippen molar-refractivity contribution in [3.05, 3.63) is 11.6 Å². The standard InChI is InChI=1S/C17H26N2O3/c1-4-5-9-12-19-15(21)17(2,13-10-7-6-8-11-13)14(20)18(3)16(19)22/h10H,4-9,11-12H2,1-3H3. The maximum absolute atomic E-state index is 12.9. The van der Waals surface area contributed by atoms with Crippen molar-refractivity contribution >= 4 is 17.8 Å². The van der Waals surface area contributed by atoms with E-state index in [1.165, 1.54) is 11.9 Å². The lowest BCUT2D eigenvalue weighted by molar-refractivity contribution is -0.154. The molecule has 5 nitrogen and oxygen atoms in total. The topological polar surface area (TPSA) is 57.7 Å². The third-order valence-corrected chi connectivity index (χ3v) is 4.84. The number of carbonyl (C=O) groups excluding carboxylic acids is 3. The number of urea groups is 1. The summed E-state index contributed by atoms with van der Waals surface area (Å²) in [4.78, 5) is 40.3. The average Bonchev–Trinajstić information content (AvgIpc) is 2.55. The Kier molecular flexibility index (Phi) is 5.04. The van der Waals surface area contributed by atoms with Gasteiger partial charge in [-0.25, -0.2) is 4.79 Å². The predicted molar refractivity (Wildman–Crippen MR) is 84.1 cm³/mol. The highest BCUT2D eigenvalue weighted by molar-refractivity contribution is 6.20. The van der Waals surface area contributed by atoms with Crippen molar-refractivity contribution in [2.24, 2.45) is 5.41 Å². The molecule has 1 aliphatic carbocycles. The van der Waals surface area contributed by atoms with E-state index in [-0.39, 0.29) is 11.8 Å². The fourth-order valence-electron chi connectivity index (χ4n) is 3.34. The van der Waals surface area contributed by atoms with Gasteiger partial charge in [0.2, 0.25) is 11.8 Å². The van der Waals surface area contributed by atoms with Gasteiger partial charge in [-0.3, -0.25) is 19.4 Å². The van der Waals surface area contributed by atoms with Crippen LogP contribution in [0.5, 0.6) is 0 Å². The molecule has 122 valence electrons. The van der Waals surface area contributed by atoms with Gasteiger partial charge in [-0.2, -0.15) is 0 Å². The fourth-order valence-corrected chi connectivity index (χ4v) is 3.34. The van der Waals surface area contributed by atoms with Crippen LogP contribution in [0.25, 0.3) is 0 Å². The smallest absolute Gasteiger partial charge is 0.273 e. The summed E-state index contributed by atoms with van der Waals surface area (Å²) in [5.41, 5.74) is -0.316. The van der Waals surface area contributed by atoms with Gasteiger partial charge in [0.25, 0.3) is 0 Å². The Hall–Kier alpha value is -1.65. The number of hydrogen-bond acceptors (Lipinski definition) is 3. The molecule has 1 fully saturated rings. The number of rotatable bonds is 5. The Bertz CT molecular complexity index is 512. The second-order valence-corrected chi connectivity index (χ2v) is 6.41. The van der Waals surface area contributed by atoms with Crippen LogP contribution in [0.2, 0.25) is 0 Å². The summed E-state index contributed by atoms with van der Waals surface area (Å²) >= 11 is 0. The van der Waals surface area contributed by atoms with Crippen LogP contribution in [0.1, 0.15) is 58.8 Å². The highest BCUT2D eigenvalue weighted by Gasteiger charge is 2.54. The number of allylic oxidation sites excluding steroid dienone is 1. The van der Waals surface area contributed by atoms with Crippen LogP contribution in [0.3, 0.4) is 0 Å². The molecule has 0 aromatic carbocycles. The maximum Gasteiger partial charge on any atom is 0.333 e. The quantitative estimate of drug-likeness (QED) is 0.445. The van der Waals surface area contributed by atoms with Crippen molar-refractivity contribution in [2.45, 2.75) is 58.8 Å². The lowest BCUT2D eigenvalue weighted by atomic mass is 9.73. The van der Waals surface area contributed by atoms with E-state index in [0.717, 1.165) is 55.4 Å². The van der Waals surface area contributed by atoms with Gasteiger partial charge in [0.05, 0.1) is 0 Å². The molecule has 2 rings (SSSR count). The molecule has 1 heterocycles. The Labute approximate surface area is 132 Å². The highest BCUT2D eigenvalue weighted by atomic mass is 16.2. The van der Waals surface area contributed by atoms with E-state index in [0.29, 0.717) is 6.54 Å².